The molecule has 0 saturated carbocycles. The van der Waals surface area contributed by atoms with Crippen LogP contribution in [0.5, 0.6) is 0 Å². The summed E-state index contributed by atoms with van der Waals surface area (Å²) >= 11 is 0. The van der Waals surface area contributed by atoms with Crippen LogP contribution in [0, 0.1) is 0 Å². The fraction of sp³-hybridized carbons (Fsp3) is 0.286. The molecule has 4 N–H and O–H groups in total. The van der Waals surface area contributed by atoms with E-state index in [1.54, 1.807) is 9.71 Å². The number of aromatic nitrogens is 2. The standard InChI is InChI=1S/C7H9N3O6S/c1-3(6(12)13)10-17(15,16)4-2-8-7(14)9-5(4)11/h2-3,10H,1H3,(H,12,13)(H2,8,9,11,14)/t3-/m1/s1. The van der Waals surface area contributed by atoms with Crippen molar-refractivity contribution in [3.8, 4) is 0 Å². The average Bonchev–Trinajstić information content (AvgIpc) is 2.15. The predicted octanol–water partition coefficient (Wildman–Crippen LogP) is -2.19. The highest BCUT2D eigenvalue weighted by molar-refractivity contribution is 7.89. The molecule has 0 bridgehead atoms. The molecule has 94 valence electrons. The number of carboxylic acid groups (broad SMARTS) is 1. The Labute approximate surface area is 94.6 Å². The van der Waals surface area contributed by atoms with Gasteiger partial charge >= 0.3 is 11.7 Å². The Morgan fingerprint density at radius 3 is 2.53 bits per heavy atom. The van der Waals surface area contributed by atoms with Gasteiger partial charge in [0.2, 0.25) is 10.0 Å². The highest BCUT2D eigenvalue weighted by Crippen LogP contribution is 1.99. The summed E-state index contributed by atoms with van der Waals surface area (Å²) in [7, 11) is -4.30. The van der Waals surface area contributed by atoms with Crippen LogP contribution in [0.25, 0.3) is 0 Å². The molecule has 1 atom stereocenters. The van der Waals surface area contributed by atoms with Gasteiger partial charge in [-0.25, -0.2) is 13.2 Å². The second-order valence-electron chi connectivity index (χ2n) is 3.12. The van der Waals surface area contributed by atoms with Crippen LogP contribution in [-0.4, -0.2) is 35.5 Å². The van der Waals surface area contributed by atoms with Gasteiger partial charge in [-0.05, 0) is 6.92 Å². The summed E-state index contributed by atoms with van der Waals surface area (Å²) in [6, 6.07) is -1.40. The number of aromatic amines is 2. The molecule has 1 aromatic rings. The summed E-state index contributed by atoms with van der Waals surface area (Å²) in [5.41, 5.74) is -1.99. The lowest BCUT2D eigenvalue weighted by Gasteiger charge is -2.08. The van der Waals surface area contributed by atoms with Crippen LogP contribution in [0.2, 0.25) is 0 Å². The third kappa shape index (κ3) is 3.01. The second kappa shape index (κ2) is 4.51. The lowest BCUT2D eigenvalue weighted by molar-refractivity contribution is -0.138. The molecule has 0 saturated heterocycles. The first-order valence-electron chi connectivity index (χ1n) is 4.31. The van der Waals surface area contributed by atoms with Crippen molar-refractivity contribution in [2.45, 2.75) is 17.9 Å². The van der Waals surface area contributed by atoms with Crippen LogP contribution in [0.4, 0.5) is 0 Å². The molecule has 0 spiro atoms. The minimum Gasteiger partial charge on any atom is -0.480 e. The van der Waals surface area contributed by atoms with E-state index in [1.165, 1.54) is 0 Å². The number of hydrogen-bond donors (Lipinski definition) is 4. The quantitative estimate of drug-likeness (QED) is 0.485. The molecule has 17 heavy (non-hydrogen) atoms. The summed E-state index contributed by atoms with van der Waals surface area (Å²) in [6.07, 6.45) is 0.693. The number of carboxylic acids is 1. The van der Waals surface area contributed by atoms with E-state index in [9.17, 15) is 22.8 Å². The van der Waals surface area contributed by atoms with Crippen molar-refractivity contribution in [2.75, 3.05) is 0 Å². The average molecular weight is 263 g/mol. The van der Waals surface area contributed by atoms with Crippen molar-refractivity contribution in [3.05, 3.63) is 27.0 Å². The van der Waals surface area contributed by atoms with Gasteiger partial charge in [0.15, 0.2) is 4.90 Å². The second-order valence-corrected chi connectivity index (χ2v) is 4.80. The molecule has 9 nitrogen and oxygen atoms in total. The normalized spacial score (nSPS) is 13.2. The summed E-state index contributed by atoms with van der Waals surface area (Å²) in [5.74, 6) is -1.39. The first-order valence-corrected chi connectivity index (χ1v) is 5.79. The van der Waals surface area contributed by atoms with Crippen LogP contribution in [0.15, 0.2) is 20.7 Å². The van der Waals surface area contributed by atoms with Crippen molar-refractivity contribution in [1.29, 1.82) is 0 Å². The van der Waals surface area contributed by atoms with Gasteiger partial charge in [-0.3, -0.25) is 14.6 Å². The molecule has 0 radical (unpaired) electrons. The number of aliphatic carboxylic acids is 1. The number of nitrogens with one attached hydrogen (secondary N) is 3. The fourth-order valence-electron chi connectivity index (χ4n) is 0.944. The predicted molar refractivity (Wildman–Crippen MR) is 55.1 cm³/mol. The molecule has 0 aliphatic carbocycles. The molecule has 1 rings (SSSR count). The lowest BCUT2D eigenvalue weighted by Crippen LogP contribution is -2.41. The van der Waals surface area contributed by atoms with Crippen molar-refractivity contribution in [2.24, 2.45) is 0 Å². The van der Waals surface area contributed by atoms with Crippen LogP contribution in [0.3, 0.4) is 0 Å². The Kier molecular flexibility index (Phi) is 3.48. The Morgan fingerprint density at radius 1 is 1.47 bits per heavy atom. The Hall–Kier alpha value is -1.94. The molecule has 0 unspecified atom stereocenters. The van der Waals surface area contributed by atoms with Crippen molar-refractivity contribution >= 4 is 16.0 Å². The molecule has 0 fully saturated rings. The highest BCUT2D eigenvalue weighted by Gasteiger charge is 2.24. The van der Waals surface area contributed by atoms with E-state index in [-0.39, 0.29) is 0 Å². The molecular formula is C7H9N3O6S. The maximum absolute atomic E-state index is 11.6. The van der Waals surface area contributed by atoms with Gasteiger partial charge in [-0.2, -0.15) is 4.72 Å². The number of rotatable bonds is 4. The van der Waals surface area contributed by atoms with Crippen molar-refractivity contribution < 1.29 is 18.3 Å². The first kappa shape index (κ1) is 13.1. The van der Waals surface area contributed by atoms with Gasteiger partial charge in [-0.15, -0.1) is 0 Å². The van der Waals surface area contributed by atoms with Gasteiger partial charge < -0.3 is 10.1 Å². The minimum atomic E-state index is -4.30. The monoisotopic (exact) mass is 263 g/mol. The molecule has 1 aromatic heterocycles. The molecular weight excluding hydrogens is 254 g/mol. The third-order valence-electron chi connectivity index (χ3n) is 1.78. The van der Waals surface area contributed by atoms with Crippen LogP contribution in [0.1, 0.15) is 6.92 Å². The smallest absolute Gasteiger partial charge is 0.325 e. The van der Waals surface area contributed by atoms with E-state index in [4.69, 9.17) is 5.11 Å². The van der Waals surface area contributed by atoms with E-state index >= 15 is 0 Å². The Morgan fingerprint density at radius 2 is 2.06 bits per heavy atom. The van der Waals surface area contributed by atoms with Gasteiger partial charge in [-0.1, -0.05) is 0 Å². The zero-order valence-corrected chi connectivity index (χ0v) is 9.37. The summed E-state index contributed by atoms with van der Waals surface area (Å²) in [6.45, 7) is 1.10. The minimum absolute atomic E-state index is 0.693. The molecule has 1 heterocycles. The maximum Gasteiger partial charge on any atom is 0.325 e. The number of H-pyrrole nitrogens is 2. The molecule has 0 aliphatic heterocycles. The van der Waals surface area contributed by atoms with Crippen LogP contribution in [-0.2, 0) is 14.8 Å². The van der Waals surface area contributed by atoms with E-state index < -0.39 is 38.2 Å². The van der Waals surface area contributed by atoms with Gasteiger partial charge in [0.25, 0.3) is 5.56 Å². The fourth-order valence-corrected chi connectivity index (χ4v) is 2.15. The zero-order valence-electron chi connectivity index (χ0n) is 8.55. The van der Waals surface area contributed by atoms with Crippen LogP contribution < -0.4 is 16.0 Å². The maximum atomic E-state index is 11.6. The SMILES string of the molecule is C[C@@H](NS(=O)(=O)c1c[nH]c(=O)[nH]c1=O)C(=O)O. The number of carbonyl (C=O) groups is 1. The summed E-state index contributed by atoms with van der Waals surface area (Å²) in [5, 5.41) is 8.53. The molecule has 10 heteroatoms. The van der Waals surface area contributed by atoms with E-state index in [2.05, 4.69) is 0 Å². The van der Waals surface area contributed by atoms with Crippen molar-refractivity contribution in [3.63, 3.8) is 0 Å². The number of hydrogen-bond acceptors (Lipinski definition) is 5. The first-order chi connectivity index (χ1) is 7.74. The van der Waals surface area contributed by atoms with E-state index in [0.717, 1.165) is 6.92 Å². The molecule has 0 aliphatic rings. The van der Waals surface area contributed by atoms with Crippen molar-refractivity contribution in [1.82, 2.24) is 14.7 Å². The zero-order chi connectivity index (χ0) is 13.2. The van der Waals surface area contributed by atoms with E-state index in [0.29, 0.717) is 6.20 Å². The molecule has 0 aromatic carbocycles. The summed E-state index contributed by atoms with van der Waals surface area (Å²) in [4.78, 5) is 35.3. The molecule has 0 amide bonds. The number of sulfonamides is 1. The largest absolute Gasteiger partial charge is 0.480 e. The van der Waals surface area contributed by atoms with Gasteiger partial charge in [0, 0.05) is 6.20 Å². The van der Waals surface area contributed by atoms with Gasteiger partial charge in [0.1, 0.15) is 6.04 Å². The Bertz CT molecular complexity index is 642. The Balaban J connectivity index is 3.19. The van der Waals surface area contributed by atoms with Crippen LogP contribution >= 0.6 is 0 Å². The topological polar surface area (TPSA) is 149 Å². The summed E-state index contributed by atoms with van der Waals surface area (Å²) < 4.78 is 24.9. The van der Waals surface area contributed by atoms with Gasteiger partial charge in [0.05, 0.1) is 0 Å². The third-order valence-corrected chi connectivity index (χ3v) is 3.32. The lowest BCUT2D eigenvalue weighted by atomic mass is 10.4. The highest BCUT2D eigenvalue weighted by atomic mass is 32.2. The van der Waals surface area contributed by atoms with E-state index in [1.807, 2.05) is 4.98 Å².